The van der Waals surface area contributed by atoms with Crippen LogP contribution in [0.4, 0.5) is 0 Å². The molecule has 4 aliphatic carbocycles. The van der Waals surface area contributed by atoms with E-state index >= 15 is 0 Å². The maximum absolute atomic E-state index is 13.6. The summed E-state index contributed by atoms with van der Waals surface area (Å²) in [6.07, 6.45) is 4.07. The smallest absolute Gasteiger partial charge is 0.303 e. The highest BCUT2D eigenvalue weighted by Gasteiger charge is 2.69. The van der Waals surface area contributed by atoms with Crippen LogP contribution in [0.1, 0.15) is 65.7 Å². The summed E-state index contributed by atoms with van der Waals surface area (Å²) in [5, 5.41) is 11.5. The first-order chi connectivity index (χ1) is 14.0. The lowest BCUT2D eigenvalue weighted by atomic mass is 9.44. The second-order valence-corrected chi connectivity index (χ2v) is 11.5. The Hall–Kier alpha value is -1.08. The van der Waals surface area contributed by atoms with Crippen molar-refractivity contribution in [3.8, 4) is 0 Å². The summed E-state index contributed by atoms with van der Waals surface area (Å²) in [6, 6.07) is 0. The molecule has 30 heavy (non-hydrogen) atoms. The molecule has 0 aromatic carbocycles. The lowest BCUT2D eigenvalue weighted by Crippen LogP contribution is -2.63. The van der Waals surface area contributed by atoms with Gasteiger partial charge in [0.2, 0.25) is 5.78 Å². The van der Waals surface area contributed by atoms with Gasteiger partial charge in [0, 0.05) is 31.1 Å². The van der Waals surface area contributed by atoms with Crippen LogP contribution in [0.2, 0.25) is 0 Å². The zero-order valence-corrected chi connectivity index (χ0v) is 19.5. The number of ketones is 3. The highest BCUT2D eigenvalue weighted by molar-refractivity contribution is 9.10. The highest BCUT2D eigenvalue weighted by Crippen LogP contribution is 2.67. The molecule has 0 saturated heterocycles. The van der Waals surface area contributed by atoms with Gasteiger partial charge in [-0.05, 0) is 55.3 Å². The van der Waals surface area contributed by atoms with Gasteiger partial charge in [0.05, 0.1) is 4.83 Å². The fourth-order valence-corrected chi connectivity index (χ4v) is 8.76. The third kappa shape index (κ3) is 2.90. The second-order valence-electron chi connectivity index (χ2n) is 10.5. The number of carbonyl (C=O) groups excluding carboxylic acids is 4. The third-order valence-electron chi connectivity index (χ3n) is 9.22. The first-order valence-corrected chi connectivity index (χ1v) is 12.0. The van der Waals surface area contributed by atoms with E-state index in [4.69, 9.17) is 4.74 Å². The highest BCUT2D eigenvalue weighted by atomic mass is 79.9. The van der Waals surface area contributed by atoms with E-state index in [1.54, 1.807) is 0 Å². The van der Waals surface area contributed by atoms with E-state index in [1.807, 2.05) is 6.92 Å². The number of halogens is 1. The molecule has 0 aromatic heterocycles. The van der Waals surface area contributed by atoms with Crippen LogP contribution in [0.3, 0.4) is 0 Å². The van der Waals surface area contributed by atoms with Gasteiger partial charge < -0.3 is 9.84 Å². The number of hydrogen-bond donors (Lipinski definition) is 1. The van der Waals surface area contributed by atoms with E-state index in [2.05, 4.69) is 22.9 Å². The van der Waals surface area contributed by atoms with Gasteiger partial charge in [0.1, 0.15) is 17.2 Å². The van der Waals surface area contributed by atoms with Gasteiger partial charge in [-0.1, -0.05) is 29.8 Å². The summed E-state index contributed by atoms with van der Waals surface area (Å²) in [7, 11) is 0. The molecule has 0 amide bonds. The number of aliphatic hydroxyl groups is 1. The SMILES string of the molecule is CC(=O)OCC(=O)[C@]1(O)CC[C@@H]2[C@@H]3CC[C@H]4[C@H](Br)C(=O)CC[C@]4(C)[C@@H]3C(=O)C[C@]21C. The molecular formula is C23H31BrO6. The molecule has 7 heteroatoms. The van der Waals surface area contributed by atoms with E-state index in [0.29, 0.717) is 19.3 Å². The minimum Gasteiger partial charge on any atom is -0.458 e. The number of alkyl halides is 1. The zero-order chi connectivity index (χ0) is 22.1. The van der Waals surface area contributed by atoms with Crippen LogP contribution in [0.25, 0.3) is 0 Å². The summed E-state index contributed by atoms with van der Waals surface area (Å²) >= 11 is 3.61. The number of fused-ring (bicyclic) bond motifs is 5. The fraction of sp³-hybridized carbons (Fsp3) is 0.826. The summed E-state index contributed by atoms with van der Waals surface area (Å²) in [4.78, 5) is 49.7. The van der Waals surface area contributed by atoms with Crippen LogP contribution in [0.15, 0.2) is 0 Å². The van der Waals surface area contributed by atoms with Gasteiger partial charge in [0.25, 0.3) is 0 Å². The Labute approximate surface area is 185 Å². The Kier molecular flexibility index (Phi) is 5.33. The average Bonchev–Trinajstić information content (AvgIpc) is 2.94. The molecule has 6 nitrogen and oxygen atoms in total. The minimum atomic E-state index is -1.65. The van der Waals surface area contributed by atoms with E-state index in [0.717, 1.165) is 19.3 Å². The average molecular weight is 483 g/mol. The molecule has 166 valence electrons. The molecule has 4 fully saturated rings. The van der Waals surface area contributed by atoms with Crippen molar-refractivity contribution < 1.29 is 29.0 Å². The number of carbonyl (C=O) groups is 4. The van der Waals surface area contributed by atoms with Gasteiger partial charge in [-0.2, -0.15) is 0 Å². The Morgan fingerprint density at radius 1 is 1.10 bits per heavy atom. The molecule has 0 radical (unpaired) electrons. The predicted octanol–water partition coefficient (Wildman–Crippen LogP) is 3.01. The number of hydrogen-bond acceptors (Lipinski definition) is 6. The number of Topliss-reactive ketones (excluding diaryl/α,β-unsaturated/α-hetero) is 3. The molecule has 4 saturated carbocycles. The van der Waals surface area contributed by atoms with Gasteiger partial charge in [-0.3, -0.25) is 19.2 Å². The molecule has 0 aromatic rings. The molecule has 1 N–H and O–H groups in total. The van der Waals surface area contributed by atoms with Crippen LogP contribution < -0.4 is 0 Å². The van der Waals surface area contributed by atoms with Crippen molar-refractivity contribution in [2.75, 3.05) is 6.61 Å². The molecule has 0 aliphatic heterocycles. The standard InChI is InChI=1S/C23H31BrO6/c1-12(25)30-11-18(28)23(29)9-6-14-13-4-5-15-20(24)16(26)7-8-21(15,2)19(13)17(27)10-22(14,23)3/h13-15,19-20,29H,4-11H2,1-3H3/t13-,14+,15-,19-,20-,21-,22+,23+/m0/s1. The van der Waals surface area contributed by atoms with Gasteiger partial charge >= 0.3 is 5.97 Å². The fourth-order valence-electron chi connectivity index (χ4n) is 7.66. The molecule has 4 aliphatic rings. The molecular weight excluding hydrogens is 452 g/mol. The first-order valence-electron chi connectivity index (χ1n) is 11.0. The van der Waals surface area contributed by atoms with E-state index in [-0.39, 0.29) is 51.9 Å². The molecule has 0 bridgehead atoms. The molecule has 8 atom stereocenters. The third-order valence-corrected chi connectivity index (χ3v) is 10.4. The van der Waals surface area contributed by atoms with E-state index in [9.17, 15) is 24.3 Å². The largest absolute Gasteiger partial charge is 0.458 e. The van der Waals surface area contributed by atoms with Crippen molar-refractivity contribution in [1.82, 2.24) is 0 Å². The Morgan fingerprint density at radius 3 is 2.47 bits per heavy atom. The zero-order valence-electron chi connectivity index (χ0n) is 17.9. The summed E-state index contributed by atoms with van der Waals surface area (Å²) in [5.74, 6) is -0.522. The van der Waals surface area contributed by atoms with Crippen LogP contribution in [0.5, 0.6) is 0 Å². The Balaban J connectivity index is 1.65. The normalized spacial score (nSPS) is 47.8. The summed E-state index contributed by atoms with van der Waals surface area (Å²) in [6.45, 7) is 4.82. The first kappa shape index (κ1) is 22.1. The van der Waals surface area contributed by atoms with Gasteiger partial charge in [-0.25, -0.2) is 0 Å². The van der Waals surface area contributed by atoms with Gasteiger partial charge in [0.15, 0.2) is 6.61 Å². The maximum Gasteiger partial charge on any atom is 0.303 e. The monoisotopic (exact) mass is 482 g/mol. The van der Waals surface area contributed by atoms with Crippen molar-refractivity contribution in [1.29, 1.82) is 0 Å². The summed E-state index contributed by atoms with van der Waals surface area (Å²) in [5.41, 5.74) is -2.72. The minimum absolute atomic E-state index is 0.0654. The van der Waals surface area contributed by atoms with Gasteiger partial charge in [-0.15, -0.1) is 0 Å². The van der Waals surface area contributed by atoms with E-state index in [1.165, 1.54) is 6.92 Å². The molecule has 0 spiro atoms. The number of esters is 1. The molecule has 4 rings (SSSR count). The second kappa shape index (κ2) is 7.22. The van der Waals surface area contributed by atoms with Crippen molar-refractivity contribution in [3.63, 3.8) is 0 Å². The lowest BCUT2D eigenvalue weighted by Gasteiger charge is -2.60. The lowest BCUT2D eigenvalue weighted by molar-refractivity contribution is -0.179. The number of ether oxygens (including phenoxy) is 1. The van der Waals surface area contributed by atoms with Crippen LogP contribution in [0, 0.1) is 34.5 Å². The van der Waals surface area contributed by atoms with Crippen molar-refractivity contribution in [2.45, 2.75) is 76.1 Å². The van der Waals surface area contributed by atoms with Crippen LogP contribution in [-0.2, 0) is 23.9 Å². The Morgan fingerprint density at radius 2 is 1.80 bits per heavy atom. The van der Waals surface area contributed by atoms with Crippen LogP contribution >= 0.6 is 15.9 Å². The molecule has 0 heterocycles. The predicted molar refractivity (Wildman–Crippen MR) is 112 cm³/mol. The van der Waals surface area contributed by atoms with Crippen molar-refractivity contribution >= 4 is 39.2 Å². The molecule has 0 unspecified atom stereocenters. The number of rotatable bonds is 3. The van der Waals surface area contributed by atoms with Crippen molar-refractivity contribution in [3.05, 3.63) is 0 Å². The van der Waals surface area contributed by atoms with Crippen molar-refractivity contribution in [2.24, 2.45) is 34.5 Å². The quantitative estimate of drug-likeness (QED) is 0.490. The topological polar surface area (TPSA) is 97.7 Å². The van der Waals surface area contributed by atoms with Crippen LogP contribution in [-0.4, -0.2) is 45.5 Å². The Bertz CT molecular complexity index is 810. The maximum atomic E-state index is 13.6. The summed E-state index contributed by atoms with van der Waals surface area (Å²) < 4.78 is 4.88. The van der Waals surface area contributed by atoms with E-state index < -0.39 is 29.4 Å².